The number of nitrogens with zero attached hydrogens (tertiary/aromatic N) is 3. The molecule has 0 heterocycles. The Balaban J connectivity index is 4.23. The molecule has 8 heteroatoms. The summed E-state index contributed by atoms with van der Waals surface area (Å²) in [4.78, 5) is 13.3. The first-order valence-corrected chi connectivity index (χ1v) is 3.74. The second-order valence-electron chi connectivity index (χ2n) is 2.53. The van der Waals surface area contributed by atoms with E-state index in [2.05, 4.69) is 10.0 Å². The summed E-state index contributed by atoms with van der Waals surface area (Å²) in [5.41, 5.74) is 7.87. The van der Waals surface area contributed by atoms with Crippen molar-refractivity contribution in [2.75, 3.05) is 13.2 Å². The zero-order valence-corrected chi connectivity index (χ0v) is 7.19. The van der Waals surface area contributed by atoms with Crippen molar-refractivity contribution in [1.82, 2.24) is 0 Å². The van der Waals surface area contributed by atoms with Gasteiger partial charge in [0, 0.05) is 4.91 Å². The molecule has 0 bridgehead atoms. The molecule has 14 heavy (non-hydrogen) atoms. The Morgan fingerprint density at radius 1 is 1.43 bits per heavy atom. The maximum Gasteiger partial charge on any atom is 0.192 e. The van der Waals surface area contributed by atoms with Gasteiger partial charge >= 0.3 is 0 Å². The number of hydrogen-bond acceptors (Lipinski definition) is 6. The first-order chi connectivity index (χ1) is 6.54. The molecule has 0 aliphatic rings. The predicted octanol–water partition coefficient (Wildman–Crippen LogP) is -2.06. The Morgan fingerprint density at radius 2 is 2.00 bits per heavy atom. The summed E-state index contributed by atoms with van der Waals surface area (Å²) >= 11 is 0. The maximum absolute atomic E-state index is 11.0. The van der Waals surface area contributed by atoms with E-state index < -0.39 is 37.2 Å². The summed E-state index contributed by atoms with van der Waals surface area (Å²) in [6.45, 7) is -1.33. The van der Waals surface area contributed by atoms with Crippen molar-refractivity contribution in [2.24, 2.45) is 5.11 Å². The van der Waals surface area contributed by atoms with Crippen LogP contribution < -0.4 is 0 Å². The molecule has 3 unspecified atom stereocenters. The summed E-state index contributed by atoms with van der Waals surface area (Å²) in [6.07, 6.45) is -5.21. The molecule has 0 aliphatic carbocycles. The van der Waals surface area contributed by atoms with Gasteiger partial charge in [0.1, 0.15) is 18.3 Å². The molecule has 0 aromatic rings. The fraction of sp³-hybridized carbons (Fsp3) is 0.833. The Morgan fingerprint density at radius 3 is 2.43 bits per heavy atom. The molecule has 0 aliphatic heterocycles. The molecule has 0 radical (unpaired) electrons. The van der Waals surface area contributed by atoms with E-state index in [0.717, 1.165) is 0 Å². The Bertz CT molecular complexity index is 240. The molecular formula is C6H11N3O5. The first-order valence-electron chi connectivity index (χ1n) is 3.74. The second kappa shape index (κ2) is 6.30. The average molecular weight is 205 g/mol. The molecule has 8 nitrogen and oxygen atoms in total. The molecule has 4 N–H and O–H groups in total. The fourth-order valence-corrected chi connectivity index (χ4v) is 0.690. The minimum absolute atomic E-state index is 0.523. The first kappa shape index (κ1) is 12.8. The van der Waals surface area contributed by atoms with Crippen LogP contribution in [0.2, 0.25) is 0 Å². The summed E-state index contributed by atoms with van der Waals surface area (Å²) in [7, 11) is 0. The van der Waals surface area contributed by atoms with E-state index in [0.29, 0.717) is 0 Å². The van der Waals surface area contributed by atoms with E-state index in [1.165, 1.54) is 0 Å². The molecule has 0 saturated heterocycles. The number of Topliss-reactive ketones (excluding diaryl/α,β-unsaturated/α-hetero) is 1. The van der Waals surface area contributed by atoms with Crippen molar-refractivity contribution < 1.29 is 25.2 Å². The monoisotopic (exact) mass is 205 g/mol. The van der Waals surface area contributed by atoms with Gasteiger partial charge in [-0.25, -0.2) is 0 Å². The van der Waals surface area contributed by atoms with Gasteiger partial charge in [0.15, 0.2) is 5.78 Å². The van der Waals surface area contributed by atoms with Crippen molar-refractivity contribution in [3.63, 3.8) is 0 Å². The highest BCUT2D eigenvalue weighted by molar-refractivity contribution is 5.87. The molecule has 0 spiro atoms. The third kappa shape index (κ3) is 3.69. The highest BCUT2D eigenvalue weighted by Crippen LogP contribution is 1.99. The Labute approximate surface area is 79.0 Å². The highest BCUT2D eigenvalue weighted by atomic mass is 16.4. The van der Waals surface area contributed by atoms with Gasteiger partial charge in [0.2, 0.25) is 0 Å². The van der Waals surface area contributed by atoms with Crippen LogP contribution in [0.3, 0.4) is 0 Å². The van der Waals surface area contributed by atoms with Crippen LogP contribution in [0.5, 0.6) is 0 Å². The number of aliphatic hydroxyl groups excluding tert-OH is 4. The molecule has 0 rings (SSSR count). The third-order valence-electron chi connectivity index (χ3n) is 1.49. The molecule has 0 aromatic heterocycles. The van der Waals surface area contributed by atoms with E-state index in [1.807, 2.05) is 0 Å². The van der Waals surface area contributed by atoms with Crippen LogP contribution >= 0.6 is 0 Å². The molecule has 3 atom stereocenters. The van der Waals surface area contributed by atoms with Gasteiger partial charge in [0.05, 0.1) is 13.2 Å². The predicted molar refractivity (Wildman–Crippen MR) is 44.1 cm³/mol. The zero-order valence-electron chi connectivity index (χ0n) is 7.19. The molecule has 0 amide bonds. The number of carbonyl (C=O) groups is 1. The number of ketones is 1. The van der Waals surface area contributed by atoms with Crippen molar-refractivity contribution in [3.05, 3.63) is 10.4 Å². The van der Waals surface area contributed by atoms with E-state index in [9.17, 15) is 4.79 Å². The smallest absolute Gasteiger partial charge is 0.192 e. The van der Waals surface area contributed by atoms with Crippen LogP contribution in [0, 0.1) is 0 Å². The average Bonchev–Trinajstić information content (AvgIpc) is 2.22. The minimum Gasteiger partial charge on any atom is -0.394 e. The van der Waals surface area contributed by atoms with Crippen molar-refractivity contribution in [3.8, 4) is 0 Å². The third-order valence-corrected chi connectivity index (χ3v) is 1.49. The van der Waals surface area contributed by atoms with Crippen molar-refractivity contribution in [2.45, 2.75) is 18.3 Å². The normalized spacial score (nSPS) is 16.6. The fourth-order valence-electron chi connectivity index (χ4n) is 0.690. The minimum atomic E-state index is -1.89. The van der Waals surface area contributed by atoms with Crippen LogP contribution in [-0.2, 0) is 4.79 Å². The van der Waals surface area contributed by atoms with Crippen LogP contribution in [0.15, 0.2) is 5.11 Å². The zero-order chi connectivity index (χ0) is 11.1. The van der Waals surface area contributed by atoms with Gasteiger partial charge in [-0.2, -0.15) is 0 Å². The molecular weight excluding hydrogens is 194 g/mol. The van der Waals surface area contributed by atoms with Gasteiger partial charge < -0.3 is 20.4 Å². The van der Waals surface area contributed by atoms with Crippen molar-refractivity contribution in [1.29, 1.82) is 0 Å². The summed E-state index contributed by atoms with van der Waals surface area (Å²) in [6, 6.07) is 0. The second-order valence-corrected chi connectivity index (χ2v) is 2.53. The van der Waals surface area contributed by atoms with Gasteiger partial charge in [-0.3, -0.25) is 4.79 Å². The molecule has 0 saturated carbocycles. The van der Waals surface area contributed by atoms with Gasteiger partial charge in [-0.1, -0.05) is 5.11 Å². The number of hydrogen-bond donors (Lipinski definition) is 4. The van der Waals surface area contributed by atoms with E-state index >= 15 is 0 Å². The van der Waals surface area contributed by atoms with E-state index in [-0.39, 0.29) is 0 Å². The quantitative estimate of drug-likeness (QED) is 0.223. The summed E-state index contributed by atoms with van der Waals surface area (Å²) in [5, 5.41) is 38.1. The topological polar surface area (TPSA) is 147 Å². The van der Waals surface area contributed by atoms with Crippen LogP contribution in [0.4, 0.5) is 0 Å². The number of aliphatic hydroxyl groups is 4. The maximum atomic E-state index is 11.0. The largest absolute Gasteiger partial charge is 0.394 e. The van der Waals surface area contributed by atoms with Crippen LogP contribution in [-0.4, -0.2) is 57.7 Å². The number of azide groups is 1. The lowest BCUT2D eigenvalue weighted by Crippen LogP contribution is -2.43. The Hall–Kier alpha value is -1.18. The van der Waals surface area contributed by atoms with Crippen LogP contribution in [0.1, 0.15) is 0 Å². The van der Waals surface area contributed by atoms with Crippen LogP contribution in [0.25, 0.3) is 10.4 Å². The Kier molecular flexibility index (Phi) is 5.77. The number of carbonyl (C=O) groups excluding carboxylic acids is 1. The molecule has 0 aromatic carbocycles. The summed E-state index contributed by atoms with van der Waals surface area (Å²) in [5.74, 6) is -1.10. The van der Waals surface area contributed by atoms with Gasteiger partial charge in [0.25, 0.3) is 0 Å². The lowest BCUT2D eigenvalue weighted by Gasteiger charge is -2.16. The summed E-state index contributed by atoms with van der Waals surface area (Å²) < 4.78 is 0. The lowest BCUT2D eigenvalue weighted by molar-refractivity contribution is -0.142. The lowest BCUT2D eigenvalue weighted by atomic mass is 10.1. The van der Waals surface area contributed by atoms with E-state index in [1.54, 1.807) is 0 Å². The SMILES string of the molecule is [N-]=[N+]=NCC(O)C(=O)C(O)C(O)CO. The molecule has 80 valence electrons. The van der Waals surface area contributed by atoms with Crippen molar-refractivity contribution >= 4 is 5.78 Å². The standard InChI is InChI=1S/C6H11N3O5/c7-9-8-1-3(11)5(13)6(14)4(12)2-10/h3-4,6,10-12,14H,1-2H2. The van der Waals surface area contributed by atoms with E-state index in [4.69, 9.17) is 26.0 Å². The molecule has 0 fully saturated rings. The van der Waals surface area contributed by atoms with Gasteiger partial charge in [-0.15, -0.1) is 0 Å². The highest BCUT2D eigenvalue weighted by Gasteiger charge is 2.28. The van der Waals surface area contributed by atoms with Gasteiger partial charge in [-0.05, 0) is 5.53 Å². The number of rotatable bonds is 6.